The van der Waals surface area contributed by atoms with Crippen LogP contribution in [0.15, 0.2) is 36.7 Å². The number of anilines is 1. The van der Waals surface area contributed by atoms with Crippen molar-refractivity contribution in [1.29, 1.82) is 5.26 Å². The summed E-state index contributed by atoms with van der Waals surface area (Å²) in [6, 6.07) is 10.6. The van der Waals surface area contributed by atoms with Gasteiger partial charge in [-0.2, -0.15) is 10.4 Å². The van der Waals surface area contributed by atoms with Gasteiger partial charge >= 0.3 is 0 Å². The fourth-order valence-electron chi connectivity index (χ4n) is 4.17. The smallest absolute Gasteiger partial charge is 0.165 e. The summed E-state index contributed by atoms with van der Waals surface area (Å²) in [5.41, 5.74) is 4.73. The molecule has 0 atom stereocenters. The molecule has 2 aliphatic heterocycles. The van der Waals surface area contributed by atoms with E-state index in [0.29, 0.717) is 5.56 Å². The van der Waals surface area contributed by atoms with Crippen molar-refractivity contribution in [2.75, 3.05) is 24.5 Å². The van der Waals surface area contributed by atoms with E-state index in [2.05, 4.69) is 44.2 Å². The van der Waals surface area contributed by atoms with Crippen molar-refractivity contribution in [2.24, 2.45) is 0 Å². The van der Waals surface area contributed by atoms with E-state index in [1.54, 1.807) is 6.20 Å². The van der Waals surface area contributed by atoms with Gasteiger partial charge in [0.2, 0.25) is 0 Å². The van der Waals surface area contributed by atoms with Gasteiger partial charge in [0.05, 0.1) is 16.9 Å². The molecule has 1 aromatic carbocycles. The number of nitriles is 1. The van der Waals surface area contributed by atoms with Crippen LogP contribution >= 0.6 is 0 Å². The Morgan fingerprint density at radius 1 is 1.07 bits per heavy atom. The van der Waals surface area contributed by atoms with E-state index in [1.165, 1.54) is 18.5 Å². The van der Waals surface area contributed by atoms with E-state index >= 15 is 0 Å². The molecule has 4 heterocycles. The minimum atomic E-state index is 0.712. The van der Waals surface area contributed by atoms with Gasteiger partial charge < -0.3 is 10.2 Å². The number of nitrogens with zero attached hydrogens (tertiary/aromatic N) is 6. The molecule has 0 spiro atoms. The minimum Gasteiger partial charge on any atom is -0.370 e. The van der Waals surface area contributed by atoms with Gasteiger partial charge in [-0.15, -0.1) is 0 Å². The van der Waals surface area contributed by atoms with Gasteiger partial charge in [-0.25, -0.2) is 4.98 Å². The molecule has 0 amide bonds. The van der Waals surface area contributed by atoms with Gasteiger partial charge in [0.1, 0.15) is 11.8 Å². The highest BCUT2D eigenvalue weighted by Gasteiger charge is 2.19. The molecule has 2 aliphatic rings. The fourth-order valence-corrected chi connectivity index (χ4v) is 4.17. The SMILES string of the molecule is N#Cc1cc(-n2ccnc2-c2cc3n(n2)CCCNC3)ccc1N1CCCC1. The molecule has 7 heteroatoms. The van der Waals surface area contributed by atoms with Gasteiger partial charge in [-0.05, 0) is 50.1 Å². The quantitative estimate of drug-likeness (QED) is 0.764. The fraction of sp³-hybridized carbons (Fsp3) is 0.381. The Kier molecular flexibility index (Phi) is 4.34. The van der Waals surface area contributed by atoms with Crippen LogP contribution in [-0.2, 0) is 13.1 Å². The Hall–Kier alpha value is -3.11. The standard InChI is InChI=1S/C21H23N7/c22-14-16-12-17(4-5-20(16)26-8-1-2-9-26)27-11-7-24-21(27)19-13-18-15-23-6-3-10-28(18)25-19/h4-5,7,11-13,23H,1-3,6,8-10,15H2. The highest BCUT2D eigenvalue weighted by atomic mass is 15.3. The molecular formula is C21H23N7. The number of rotatable bonds is 3. The Bertz CT molecular complexity index is 1010. The van der Waals surface area contributed by atoms with E-state index in [-0.39, 0.29) is 0 Å². The summed E-state index contributed by atoms with van der Waals surface area (Å²) in [4.78, 5) is 6.86. The summed E-state index contributed by atoms with van der Waals surface area (Å²) in [6.45, 7) is 4.83. The van der Waals surface area contributed by atoms with Crippen LogP contribution in [0.5, 0.6) is 0 Å². The monoisotopic (exact) mass is 373 g/mol. The molecule has 3 aromatic rings. The third-order valence-electron chi connectivity index (χ3n) is 5.59. The molecule has 28 heavy (non-hydrogen) atoms. The Morgan fingerprint density at radius 3 is 2.82 bits per heavy atom. The van der Waals surface area contributed by atoms with Crippen LogP contribution in [0.3, 0.4) is 0 Å². The van der Waals surface area contributed by atoms with Crippen LogP contribution in [0, 0.1) is 11.3 Å². The molecule has 1 N–H and O–H groups in total. The average molecular weight is 373 g/mol. The lowest BCUT2D eigenvalue weighted by Crippen LogP contribution is -2.18. The van der Waals surface area contributed by atoms with Crippen LogP contribution in [0.2, 0.25) is 0 Å². The number of aryl methyl sites for hydroxylation is 1. The van der Waals surface area contributed by atoms with E-state index in [4.69, 9.17) is 5.10 Å². The second-order valence-electron chi connectivity index (χ2n) is 7.40. The van der Waals surface area contributed by atoms with Gasteiger partial charge in [0.15, 0.2) is 5.82 Å². The normalized spacial score (nSPS) is 16.6. The molecule has 0 aliphatic carbocycles. The van der Waals surface area contributed by atoms with E-state index in [0.717, 1.165) is 62.0 Å². The van der Waals surface area contributed by atoms with Gasteiger partial charge in [-0.3, -0.25) is 9.25 Å². The maximum absolute atomic E-state index is 9.70. The topological polar surface area (TPSA) is 74.7 Å². The Balaban J connectivity index is 1.52. The molecule has 2 aromatic heterocycles. The zero-order valence-electron chi connectivity index (χ0n) is 15.8. The van der Waals surface area contributed by atoms with Crippen molar-refractivity contribution < 1.29 is 0 Å². The maximum atomic E-state index is 9.70. The third-order valence-corrected chi connectivity index (χ3v) is 5.59. The molecular weight excluding hydrogens is 350 g/mol. The first kappa shape index (κ1) is 17.0. The molecule has 0 bridgehead atoms. The number of aromatic nitrogens is 4. The van der Waals surface area contributed by atoms with Crippen LogP contribution in [0.1, 0.15) is 30.5 Å². The highest BCUT2D eigenvalue weighted by Crippen LogP contribution is 2.28. The first-order valence-corrected chi connectivity index (χ1v) is 9.94. The van der Waals surface area contributed by atoms with E-state index in [1.807, 2.05) is 16.8 Å². The molecule has 0 radical (unpaired) electrons. The molecule has 142 valence electrons. The molecule has 0 unspecified atom stereocenters. The lowest BCUT2D eigenvalue weighted by atomic mass is 10.1. The van der Waals surface area contributed by atoms with E-state index < -0.39 is 0 Å². The van der Waals surface area contributed by atoms with Gasteiger partial charge in [-0.1, -0.05) is 0 Å². The summed E-state index contributed by atoms with van der Waals surface area (Å²) in [7, 11) is 0. The number of imidazole rings is 1. The first-order chi connectivity index (χ1) is 13.8. The predicted molar refractivity (Wildman–Crippen MR) is 107 cm³/mol. The summed E-state index contributed by atoms with van der Waals surface area (Å²) in [5.74, 6) is 0.804. The van der Waals surface area contributed by atoms with Gasteiger partial charge in [0.25, 0.3) is 0 Å². The van der Waals surface area contributed by atoms with Crippen molar-refractivity contribution in [1.82, 2.24) is 24.6 Å². The molecule has 0 saturated carbocycles. The lowest BCUT2D eigenvalue weighted by molar-refractivity contribution is 0.588. The van der Waals surface area contributed by atoms with Crippen LogP contribution < -0.4 is 10.2 Å². The summed E-state index contributed by atoms with van der Waals surface area (Å²) in [5, 5.41) is 17.9. The lowest BCUT2D eigenvalue weighted by Gasteiger charge is -2.19. The molecule has 1 fully saturated rings. The summed E-state index contributed by atoms with van der Waals surface area (Å²) in [6.07, 6.45) is 7.19. The highest BCUT2D eigenvalue weighted by molar-refractivity contribution is 5.65. The number of fused-ring (bicyclic) bond motifs is 1. The maximum Gasteiger partial charge on any atom is 0.165 e. The largest absolute Gasteiger partial charge is 0.370 e. The van der Waals surface area contributed by atoms with Crippen LogP contribution in [-0.4, -0.2) is 39.0 Å². The zero-order valence-corrected chi connectivity index (χ0v) is 15.8. The first-order valence-electron chi connectivity index (χ1n) is 9.94. The summed E-state index contributed by atoms with van der Waals surface area (Å²) < 4.78 is 4.09. The molecule has 5 rings (SSSR count). The number of benzene rings is 1. The Labute approximate surface area is 164 Å². The van der Waals surface area contributed by atoms with Crippen molar-refractivity contribution in [2.45, 2.75) is 32.4 Å². The number of hydrogen-bond acceptors (Lipinski definition) is 5. The Morgan fingerprint density at radius 2 is 1.96 bits per heavy atom. The second-order valence-corrected chi connectivity index (χ2v) is 7.40. The van der Waals surface area contributed by atoms with Crippen molar-refractivity contribution >= 4 is 5.69 Å². The minimum absolute atomic E-state index is 0.712. The van der Waals surface area contributed by atoms with Crippen molar-refractivity contribution in [3.8, 4) is 23.3 Å². The van der Waals surface area contributed by atoms with Crippen LogP contribution in [0.4, 0.5) is 5.69 Å². The number of hydrogen-bond donors (Lipinski definition) is 1. The third kappa shape index (κ3) is 2.96. The second kappa shape index (κ2) is 7.13. The molecule has 1 saturated heterocycles. The average Bonchev–Trinajstić information content (AvgIpc) is 3.46. The zero-order chi connectivity index (χ0) is 18.9. The number of nitrogens with one attached hydrogen (secondary N) is 1. The van der Waals surface area contributed by atoms with Gasteiger partial charge in [0, 0.05) is 44.3 Å². The van der Waals surface area contributed by atoms with Crippen LogP contribution in [0.25, 0.3) is 17.2 Å². The van der Waals surface area contributed by atoms with Crippen molar-refractivity contribution in [3.63, 3.8) is 0 Å². The van der Waals surface area contributed by atoms with E-state index in [9.17, 15) is 5.26 Å². The molecule has 7 nitrogen and oxygen atoms in total. The summed E-state index contributed by atoms with van der Waals surface area (Å²) >= 11 is 0. The predicted octanol–water partition coefficient (Wildman–Crippen LogP) is 2.70. The van der Waals surface area contributed by atoms with Crippen molar-refractivity contribution in [3.05, 3.63) is 47.9 Å².